The third kappa shape index (κ3) is 3.67. The van der Waals surface area contributed by atoms with Crippen LogP contribution in [-0.4, -0.2) is 30.2 Å². The fourth-order valence-corrected chi connectivity index (χ4v) is 3.63. The van der Waals surface area contributed by atoms with Crippen LogP contribution in [0.25, 0.3) is 16.6 Å². The predicted molar refractivity (Wildman–Crippen MR) is 116 cm³/mol. The van der Waals surface area contributed by atoms with E-state index in [0.29, 0.717) is 27.8 Å². The SMILES string of the molecule is CCn1c(=S)[nH]c2cc(C(=O)NC(C)c3ccc(-n4cncn4)cc3)ccc2c1=O. The lowest BCUT2D eigenvalue weighted by Crippen LogP contribution is -2.27. The quantitative estimate of drug-likeness (QED) is 0.484. The zero-order chi connectivity index (χ0) is 21.3. The van der Waals surface area contributed by atoms with Crippen LogP contribution < -0.4 is 10.9 Å². The number of fused-ring (bicyclic) bond motifs is 1. The van der Waals surface area contributed by atoms with Crippen molar-refractivity contribution in [3.05, 3.63) is 81.4 Å². The Morgan fingerprint density at radius 3 is 2.67 bits per heavy atom. The van der Waals surface area contributed by atoms with Gasteiger partial charge in [0.15, 0.2) is 4.77 Å². The Balaban J connectivity index is 1.55. The number of nitrogens with zero attached hydrogens (tertiary/aromatic N) is 4. The minimum Gasteiger partial charge on any atom is -0.346 e. The van der Waals surface area contributed by atoms with E-state index in [1.54, 1.807) is 29.2 Å². The molecule has 0 saturated carbocycles. The molecule has 30 heavy (non-hydrogen) atoms. The molecule has 9 heteroatoms. The Labute approximate surface area is 177 Å². The first-order chi connectivity index (χ1) is 14.5. The third-order valence-electron chi connectivity index (χ3n) is 4.98. The second kappa shape index (κ2) is 8.03. The van der Waals surface area contributed by atoms with Crippen LogP contribution in [0.15, 0.2) is 59.9 Å². The van der Waals surface area contributed by atoms with Crippen molar-refractivity contribution in [3.63, 3.8) is 0 Å². The van der Waals surface area contributed by atoms with Gasteiger partial charge in [0.05, 0.1) is 22.6 Å². The van der Waals surface area contributed by atoms with Crippen LogP contribution in [-0.2, 0) is 6.54 Å². The van der Waals surface area contributed by atoms with Crippen molar-refractivity contribution in [3.8, 4) is 5.69 Å². The van der Waals surface area contributed by atoms with Crippen LogP contribution in [0.3, 0.4) is 0 Å². The Hall–Kier alpha value is -3.59. The van der Waals surface area contributed by atoms with Crippen molar-refractivity contribution < 1.29 is 4.79 Å². The zero-order valence-electron chi connectivity index (χ0n) is 16.5. The summed E-state index contributed by atoms with van der Waals surface area (Å²) in [5, 5.41) is 7.58. The second-order valence-electron chi connectivity index (χ2n) is 6.87. The summed E-state index contributed by atoms with van der Waals surface area (Å²) in [5.74, 6) is -0.233. The van der Waals surface area contributed by atoms with Crippen molar-refractivity contribution in [2.75, 3.05) is 0 Å². The van der Waals surface area contributed by atoms with Crippen molar-refractivity contribution in [1.82, 2.24) is 29.6 Å². The van der Waals surface area contributed by atoms with Gasteiger partial charge in [-0.3, -0.25) is 14.2 Å². The van der Waals surface area contributed by atoms with E-state index in [0.717, 1.165) is 11.3 Å². The number of amides is 1. The van der Waals surface area contributed by atoms with E-state index in [-0.39, 0.29) is 17.5 Å². The minimum absolute atomic E-state index is 0.163. The first kappa shape index (κ1) is 19.7. The van der Waals surface area contributed by atoms with Gasteiger partial charge in [-0.25, -0.2) is 9.67 Å². The van der Waals surface area contributed by atoms with Crippen molar-refractivity contribution in [2.24, 2.45) is 0 Å². The topological polar surface area (TPSA) is 97.6 Å². The Morgan fingerprint density at radius 2 is 2.00 bits per heavy atom. The standard InChI is InChI=1S/C21H20N6O2S/c1-3-26-20(29)17-9-6-15(10-18(17)25-21(26)30)19(28)24-13(2)14-4-7-16(8-5-14)27-12-22-11-23-27/h4-13H,3H2,1-2H3,(H,24,28)(H,25,30). The number of nitrogens with one attached hydrogen (secondary N) is 2. The van der Waals surface area contributed by atoms with Gasteiger partial charge >= 0.3 is 0 Å². The highest BCUT2D eigenvalue weighted by Crippen LogP contribution is 2.17. The molecule has 1 amide bonds. The summed E-state index contributed by atoms with van der Waals surface area (Å²) >= 11 is 5.25. The number of aromatic nitrogens is 5. The molecular weight excluding hydrogens is 400 g/mol. The lowest BCUT2D eigenvalue weighted by molar-refractivity contribution is 0.0940. The van der Waals surface area contributed by atoms with Gasteiger partial charge in [-0.2, -0.15) is 5.10 Å². The maximum absolute atomic E-state index is 12.8. The number of rotatable bonds is 5. The van der Waals surface area contributed by atoms with E-state index in [2.05, 4.69) is 20.4 Å². The molecule has 0 radical (unpaired) electrons. The van der Waals surface area contributed by atoms with Crippen molar-refractivity contribution in [2.45, 2.75) is 26.4 Å². The van der Waals surface area contributed by atoms with Gasteiger partial charge < -0.3 is 10.3 Å². The molecule has 1 atom stereocenters. The molecule has 0 aliphatic heterocycles. The minimum atomic E-state index is -0.233. The van der Waals surface area contributed by atoms with E-state index in [1.165, 1.54) is 10.9 Å². The molecule has 0 spiro atoms. The van der Waals surface area contributed by atoms with Crippen LogP contribution in [0.4, 0.5) is 0 Å². The fourth-order valence-electron chi connectivity index (χ4n) is 3.30. The van der Waals surface area contributed by atoms with Crippen LogP contribution >= 0.6 is 12.2 Å². The lowest BCUT2D eigenvalue weighted by Gasteiger charge is -2.15. The monoisotopic (exact) mass is 420 g/mol. The van der Waals surface area contributed by atoms with Gasteiger partial charge in [-0.05, 0) is 62.0 Å². The van der Waals surface area contributed by atoms with Gasteiger partial charge in [0.1, 0.15) is 12.7 Å². The molecule has 4 aromatic rings. The summed E-state index contributed by atoms with van der Waals surface area (Å²) in [6.45, 7) is 4.26. The smallest absolute Gasteiger partial charge is 0.262 e. The van der Waals surface area contributed by atoms with Crippen molar-refractivity contribution in [1.29, 1.82) is 0 Å². The molecule has 2 heterocycles. The Morgan fingerprint density at radius 1 is 1.23 bits per heavy atom. The molecule has 0 fully saturated rings. The molecule has 152 valence electrons. The normalized spacial score (nSPS) is 12.1. The molecule has 2 aromatic heterocycles. The molecule has 0 saturated heterocycles. The van der Waals surface area contributed by atoms with Gasteiger partial charge in [-0.1, -0.05) is 12.1 Å². The number of H-pyrrole nitrogens is 1. The summed E-state index contributed by atoms with van der Waals surface area (Å²) < 4.78 is 3.49. The number of hydrogen-bond acceptors (Lipinski definition) is 5. The summed E-state index contributed by atoms with van der Waals surface area (Å²) in [5.41, 5.74) is 2.68. The maximum Gasteiger partial charge on any atom is 0.262 e. The molecular formula is C21H20N6O2S. The lowest BCUT2D eigenvalue weighted by atomic mass is 10.1. The van der Waals surface area contributed by atoms with Crippen LogP contribution in [0.5, 0.6) is 0 Å². The Bertz CT molecular complexity index is 1320. The molecule has 8 nitrogen and oxygen atoms in total. The van der Waals surface area contributed by atoms with Crippen molar-refractivity contribution >= 4 is 29.0 Å². The third-order valence-corrected chi connectivity index (χ3v) is 5.31. The van der Waals surface area contributed by atoms with Crippen LogP contribution in [0.2, 0.25) is 0 Å². The number of carbonyl (C=O) groups is 1. The van der Waals surface area contributed by atoms with Crippen LogP contribution in [0, 0.1) is 4.77 Å². The molecule has 4 rings (SSSR count). The Kier molecular flexibility index (Phi) is 5.28. The van der Waals surface area contributed by atoms with E-state index < -0.39 is 0 Å². The molecule has 0 aliphatic carbocycles. The van der Waals surface area contributed by atoms with E-state index in [9.17, 15) is 9.59 Å². The maximum atomic E-state index is 12.8. The highest BCUT2D eigenvalue weighted by Gasteiger charge is 2.14. The molecule has 0 aliphatic rings. The highest BCUT2D eigenvalue weighted by atomic mass is 32.1. The summed E-state index contributed by atoms with van der Waals surface area (Å²) in [6.07, 6.45) is 3.10. The summed E-state index contributed by atoms with van der Waals surface area (Å²) in [4.78, 5) is 32.2. The average Bonchev–Trinajstić information content (AvgIpc) is 3.28. The molecule has 2 aromatic carbocycles. The van der Waals surface area contributed by atoms with Gasteiger partial charge in [0, 0.05) is 12.1 Å². The summed E-state index contributed by atoms with van der Waals surface area (Å²) in [6, 6.07) is 12.5. The van der Waals surface area contributed by atoms with Gasteiger partial charge in [0.2, 0.25) is 0 Å². The van der Waals surface area contributed by atoms with Gasteiger partial charge in [-0.15, -0.1) is 0 Å². The number of hydrogen-bond donors (Lipinski definition) is 2. The second-order valence-corrected chi connectivity index (χ2v) is 7.25. The highest BCUT2D eigenvalue weighted by molar-refractivity contribution is 7.71. The molecule has 2 N–H and O–H groups in total. The average molecular weight is 420 g/mol. The van der Waals surface area contributed by atoms with Crippen LogP contribution in [0.1, 0.15) is 35.8 Å². The van der Waals surface area contributed by atoms with E-state index in [4.69, 9.17) is 12.2 Å². The summed E-state index contributed by atoms with van der Waals surface area (Å²) in [7, 11) is 0. The molecule has 1 unspecified atom stereocenters. The largest absolute Gasteiger partial charge is 0.346 e. The first-order valence-corrected chi connectivity index (χ1v) is 9.91. The zero-order valence-corrected chi connectivity index (χ0v) is 17.3. The van der Waals surface area contributed by atoms with Gasteiger partial charge in [0.25, 0.3) is 11.5 Å². The van der Waals surface area contributed by atoms with E-state index in [1.807, 2.05) is 38.1 Å². The molecule has 0 bridgehead atoms. The fraction of sp³-hybridized carbons (Fsp3) is 0.190. The number of aromatic amines is 1. The first-order valence-electron chi connectivity index (χ1n) is 9.50. The van der Waals surface area contributed by atoms with E-state index >= 15 is 0 Å². The predicted octanol–water partition coefficient (Wildman–Crippen LogP) is 3.15. The number of benzene rings is 2. The number of carbonyl (C=O) groups excluding carboxylic acids is 1.